The normalized spacial score (nSPS) is 56.6. The van der Waals surface area contributed by atoms with Crippen molar-refractivity contribution in [2.24, 2.45) is 56.7 Å². The second-order valence-electron chi connectivity index (χ2n) is 19.6. The van der Waals surface area contributed by atoms with Crippen molar-refractivity contribution >= 4 is 5.97 Å². The van der Waals surface area contributed by atoms with Gasteiger partial charge in [0.15, 0.2) is 6.29 Å². The highest BCUT2D eigenvalue weighted by atomic mass is 16.7. The number of fused-ring (bicyclic) bond motifs is 7. The predicted molar refractivity (Wildman–Crippen MR) is 194 cm³/mol. The Hall–Kier alpha value is -1.27. The van der Waals surface area contributed by atoms with Crippen LogP contribution in [-0.2, 0) is 23.7 Å². The zero-order valence-corrected chi connectivity index (χ0v) is 33.2. The van der Waals surface area contributed by atoms with E-state index >= 15 is 0 Å². The maximum atomic E-state index is 14.6. The van der Waals surface area contributed by atoms with Gasteiger partial charge in [0.1, 0.15) is 42.7 Å². The smallest absolute Gasteiger partial charge is 0.315 e. The average Bonchev–Trinajstić information content (AvgIpc) is 3.14. The largest absolute Gasteiger partial charge is 0.432 e. The SMILES string of the molecule is C[C@H]1[C@H](C)CC[C@]2(C(=O)O[C@@H]3O[C@H](CO)[C@@H](O)[C@H](O)[C@H]3O)CC[C@]3(C)C(=CC[C@@H]4[C@@]5(C)C[C@@H](O)[C@H](O[C@@H]6OC[C@H](O)[C@H](O)[C@H]6O)[C@@](C)(CO)[C@@H]5CC[C@]43C)[C@H]12. The van der Waals surface area contributed by atoms with Gasteiger partial charge in [0, 0.05) is 5.41 Å². The third-order valence-corrected chi connectivity index (χ3v) is 17.3. The van der Waals surface area contributed by atoms with Gasteiger partial charge >= 0.3 is 5.97 Å². The molecule has 0 unspecified atom stereocenters. The second-order valence-corrected chi connectivity index (χ2v) is 19.6. The molecule has 0 bridgehead atoms. The molecule has 0 aromatic rings. The first-order valence-electron chi connectivity index (χ1n) is 20.6. The van der Waals surface area contributed by atoms with E-state index in [0.717, 1.165) is 19.3 Å². The summed E-state index contributed by atoms with van der Waals surface area (Å²) in [5.74, 6) is -0.182. The Bertz CT molecular complexity index is 1480. The molecular formula is C41H66O14. The molecule has 2 aliphatic heterocycles. The fourth-order valence-corrected chi connectivity index (χ4v) is 13.6. The van der Waals surface area contributed by atoms with E-state index in [9.17, 15) is 50.8 Å². The summed E-state index contributed by atoms with van der Waals surface area (Å²) < 4.78 is 23.4. The fraction of sp³-hybridized carbons (Fsp3) is 0.927. The van der Waals surface area contributed by atoms with Gasteiger partial charge in [-0.25, -0.2) is 0 Å². The van der Waals surface area contributed by atoms with Crippen LogP contribution in [0.4, 0.5) is 0 Å². The van der Waals surface area contributed by atoms with E-state index < -0.39 is 96.3 Å². The van der Waals surface area contributed by atoms with Crippen molar-refractivity contribution < 1.29 is 69.7 Å². The lowest BCUT2D eigenvalue weighted by Crippen LogP contribution is -2.69. The molecule has 7 aliphatic rings. The van der Waals surface area contributed by atoms with Crippen LogP contribution < -0.4 is 0 Å². The summed E-state index contributed by atoms with van der Waals surface area (Å²) in [5.41, 5.74) is -1.59. The Morgan fingerprint density at radius 2 is 1.51 bits per heavy atom. The minimum Gasteiger partial charge on any atom is -0.432 e. The van der Waals surface area contributed by atoms with Crippen LogP contribution >= 0.6 is 0 Å². The zero-order valence-electron chi connectivity index (χ0n) is 33.2. The fourth-order valence-electron chi connectivity index (χ4n) is 13.6. The first-order valence-corrected chi connectivity index (χ1v) is 20.6. The molecule has 14 nitrogen and oxygen atoms in total. The molecule has 0 aromatic carbocycles. The molecule has 0 aromatic heterocycles. The number of allylic oxidation sites excluding steroid dienone is 2. The maximum absolute atomic E-state index is 14.6. The molecule has 0 spiro atoms. The average molecular weight is 783 g/mol. The number of rotatable bonds is 6. The first-order chi connectivity index (χ1) is 25.8. The number of esters is 1. The first kappa shape index (κ1) is 41.9. The van der Waals surface area contributed by atoms with Gasteiger partial charge < -0.3 is 64.9 Å². The molecule has 6 fully saturated rings. The van der Waals surface area contributed by atoms with Crippen molar-refractivity contribution in [2.45, 2.75) is 160 Å². The van der Waals surface area contributed by atoms with Crippen LogP contribution in [0.25, 0.3) is 0 Å². The molecule has 7 rings (SSSR count). The van der Waals surface area contributed by atoms with E-state index in [1.165, 1.54) is 5.57 Å². The van der Waals surface area contributed by atoms with Crippen molar-refractivity contribution in [3.8, 4) is 0 Å². The van der Waals surface area contributed by atoms with Gasteiger partial charge in [-0.05, 0) is 97.2 Å². The number of aliphatic hydroxyl groups excluding tert-OH is 9. The minimum absolute atomic E-state index is 0.0731. The van der Waals surface area contributed by atoms with Crippen LogP contribution in [0.15, 0.2) is 11.6 Å². The Kier molecular flexibility index (Phi) is 11.0. The highest BCUT2D eigenvalue weighted by Crippen LogP contribution is 2.76. The standard InChI is InChI=1S/C41H66O14/c1-19-9-12-41(36(51)55-35-32(50)30(48)29(47)24(16-42)53-35)14-13-39(5)21(27(41)20(19)2)7-8-26-37(3)15-22(44)33(54-34-31(49)28(46)23(45)17-52-34)38(4,18-43)25(37)10-11-40(26,39)6/h7,19-20,22-35,42-50H,8-18H2,1-6H3/t19-,20+,22-,23+,24-,25-,26-,27+,28+,29-,30+,31-,32-,33+,34+,35+,37+,38+,39-,40-,41+/m1/s1. The second kappa shape index (κ2) is 14.5. The van der Waals surface area contributed by atoms with Crippen LogP contribution in [0.1, 0.15) is 92.9 Å². The Labute approximate surface area is 323 Å². The summed E-state index contributed by atoms with van der Waals surface area (Å²) >= 11 is 0. The van der Waals surface area contributed by atoms with Gasteiger partial charge in [-0.3, -0.25) is 4.79 Å². The summed E-state index contributed by atoms with van der Waals surface area (Å²) in [6.07, 6.45) is -7.46. The molecule has 314 valence electrons. The van der Waals surface area contributed by atoms with Gasteiger partial charge in [0.2, 0.25) is 6.29 Å². The lowest BCUT2D eigenvalue weighted by atomic mass is 9.33. The predicted octanol–water partition coefficient (Wildman–Crippen LogP) is 0.755. The van der Waals surface area contributed by atoms with Crippen LogP contribution in [0.3, 0.4) is 0 Å². The molecule has 14 heteroatoms. The van der Waals surface area contributed by atoms with Gasteiger partial charge in [-0.2, -0.15) is 0 Å². The van der Waals surface area contributed by atoms with E-state index in [-0.39, 0.29) is 47.7 Å². The zero-order chi connectivity index (χ0) is 40.2. The van der Waals surface area contributed by atoms with Crippen molar-refractivity contribution in [1.29, 1.82) is 0 Å². The quantitative estimate of drug-likeness (QED) is 0.103. The molecule has 4 saturated carbocycles. The van der Waals surface area contributed by atoms with E-state index in [1.807, 2.05) is 6.92 Å². The van der Waals surface area contributed by atoms with Crippen LogP contribution in [0, 0.1) is 56.7 Å². The number of aliphatic hydroxyl groups is 9. The van der Waals surface area contributed by atoms with Gasteiger partial charge in [-0.15, -0.1) is 0 Å². The highest BCUT2D eigenvalue weighted by Gasteiger charge is 2.71. The summed E-state index contributed by atoms with van der Waals surface area (Å²) in [7, 11) is 0. The molecule has 2 saturated heterocycles. The Morgan fingerprint density at radius 3 is 2.18 bits per heavy atom. The van der Waals surface area contributed by atoms with Crippen molar-refractivity contribution in [3.63, 3.8) is 0 Å². The van der Waals surface area contributed by atoms with E-state index in [1.54, 1.807) is 0 Å². The van der Waals surface area contributed by atoms with E-state index in [2.05, 4.69) is 40.7 Å². The number of hydrogen-bond donors (Lipinski definition) is 9. The number of carbonyl (C=O) groups is 1. The van der Waals surface area contributed by atoms with E-state index in [0.29, 0.717) is 38.0 Å². The molecule has 5 aliphatic carbocycles. The van der Waals surface area contributed by atoms with Gasteiger partial charge in [-0.1, -0.05) is 53.2 Å². The highest BCUT2D eigenvalue weighted by molar-refractivity contribution is 5.79. The maximum Gasteiger partial charge on any atom is 0.315 e. The van der Waals surface area contributed by atoms with Crippen LogP contribution in [0.2, 0.25) is 0 Å². The topological polar surface area (TPSA) is 236 Å². The lowest BCUT2D eigenvalue weighted by molar-refractivity contribution is -0.328. The summed E-state index contributed by atoms with van der Waals surface area (Å²) in [6.45, 7) is 12.2. The molecule has 21 atom stereocenters. The Balaban J connectivity index is 1.20. The van der Waals surface area contributed by atoms with Crippen LogP contribution in [0.5, 0.6) is 0 Å². The number of ether oxygens (including phenoxy) is 4. The Morgan fingerprint density at radius 1 is 0.818 bits per heavy atom. The minimum atomic E-state index is -1.69. The van der Waals surface area contributed by atoms with E-state index in [4.69, 9.17) is 18.9 Å². The molecule has 0 amide bonds. The summed E-state index contributed by atoms with van der Waals surface area (Å²) in [5, 5.41) is 95.4. The van der Waals surface area contributed by atoms with Crippen molar-refractivity contribution in [1.82, 2.24) is 0 Å². The van der Waals surface area contributed by atoms with Crippen LogP contribution in [-0.4, -0.2) is 139 Å². The number of carbonyl (C=O) groups excluding carboxylic acids is 1. The van der Waals surface area contributed by atoms with Crippen molar-refractivity contribution in [2.75, 3.05) is 19.8 Å². The molecule has 0 radical (unpaired) electrons. The monoisotopic (exact) mass is 782 g/mol. The molecule has 9 N–H and O–H groups in total. The summed E-state index contributed by atoms with van der Waals surface area (Å²) in [4.78, 5) is 14.6. The third-order valence-electron chi connectivity index (χ3n) is 17.3. The number of hydrogen-bond acceptors (Lipinski definition) is 14. The van der Waals surface area contributed by atoms with Crippen molar-refractivity contribution in [3.05, 3.63) is 11.6 Å². The summed E-state index contributed by atoms with van der Waals surface area (Å²) in [6, 6.07) is 0. The molecule has 55 heavy (non-hydrogen) atoms. The molecular weight excluding hydrogens is 716 g/mol. The van der Waals surface area contributed by atoms with Gasteiger partial charge in [0.25, 0.3) is 0 Å². The third kappa shape index (κ3) is 5.97. The van der Waals surface area contributed by atoms with Gasteiger partial charge in [0.05, 0.1) is 37.4 Å². The molecule has 2 heterocycles. The lowest BCUT2D eigenvalue weighted by Gasteiger charge is -2.72.